The molecule has 1 heterocycles. The van der Waals surface area contributed by atoms with Crippen molar-refractivity contribution in [3.8, 4) is 0 Å². The number of benzene rings is 1. The number of rotatable bonds is 3. The van der Waals surface area contributed by atoms with E-state index in [9.17, 15) is 16.8 Å². The van der Waals surface area contributed by atoms with Crippen LogP contribution in [0.4, 0.5) is 5.69 Å². The van der Waals surface area contributed by atoms with Crippen LogP contribution in [0.1, 0.15) is 5.56 Å². The lowest BCUT2D eigenvalue weighted by Crippen LogP contribution is -2.49. The minimum Gasteiger partial charge on any atom is -0.399 e. The minimum absolute atomic E-state index is 0.109. The highest BCUT2D eigenvalue weighted by molar-refractivity contribution is 8.01. The summed E-state index contributed by atoms with van der Waals surface area (Å²) in [6.45, 7) is 1.84. The predicted octanol–water partition coefficient (Wildman–Crippen LogP) is 0.685. The van der Waals surface area contributed by atoms with Crippen LogP contribution in [0.5, 0.6) is 0 Å². The Morgan fingerprint density at radius 2 is 1.95 bits per heavy atom. The van der Waals surface area contributed by atoms with Crippen molar-refractivity contribution in [3.63, 3.8) is 0 Å². The fraction of sp³-hybridized carbons (Fsp3) is 0.500. The molecule has 0 spiro atoms. The van der Waals surface area contributed by atoms with Crippen LogP contribution >= 0.6 is 11.8 Å². The van der Waals surface area contributed by atoms with E-state index in [2.05, 4.69) is 0 Å². The Morgan fingerprint density at radius 3 is 2.52 bits per heavy atom. The molecule has 2 N–H and O–H groups in total. The van der Waals surface area contributed by atoms with Crippen LogP contribution in [0.2, 0.25) is 0 Å². The molecule has 6 nitrogen and oxygen atoms in total. The number of sulfone groups is 1. The zero-order valence-corrected chi connectivity index (χ0v) is 14.3. The van der Waals surface area contributed by atoms with E-state index >= 15 is 0 Å². The summed E-state index contributed by atoms with van der Waals surface area (Å²) in [5.41, 5.74) is 6.62. The number of thioether (sulfide) groups is 1. The Morgan fingerprint density at radius 1 is 1.29 bits per heavy atom. The number of hydrogen-bond donors (Lipinski definition) is 1. The lowest BCUT2D eigenvalue weighted by molar-refractivity contribution is 0.404. The second kappa shape index (κ2) is 5.79. The molecule has 1 fully saturated rings. The number of hydrogen-bond acceptors (Lipinski definition) is 6. The summed E-state index contributed by atoms with van der Waals surface area (Å²) in [7, 11) is -7.34. The third-order valence-electron chi connectivity index (χ3n) is 3.32. The van der Waals surface area contributed by atoms with Crippen LogP contribution in [-0.2, 0) is 19.9 Å². The van der Waals surface area contributed by atoms with Gasteiger partial charge in [-0.1, -0.05) is 0 Å². The maximum absolute atomic E-state index is 12.8. The molecule has 1 aliphatic rings. The van der Waals surface area contributed by atoms with Gasteiger partial charge in [0, 0.05) is 30.0 Å². The van der Waals surface area contributed by atoms with E-state index in [0.717, 1.165) is 10.6 Å². The van der Waals surface area contributed by atoms with Gasteiger partial charge in [0.15, 0.2) is 9.84 Å². The number of aryl methyl sites for hydroxylation is 1. The summed E-state index contributed by atoms with van der Waals surface area (Å²) < 4.78 is 50.4. The summed E-state index contributed by atoms with van der Waals surface area (Å²) >= 11 is 1.45. The molecular formula is C12H18N2O4S3. The monoisotopic (exact) mass is 350 g/mol. The van der Waals surface area contributed by atoms with E-state index in [0.29, 0.717) is 17.0 Å². The van der Waals surface area contributed by atoms with Crippen molar-refractivity contribution < 1.29 is 16.8 Å². The molecular weight excluding hydrogens is 332 g/mol. The molecule has 1 saturated heterocycles. The van der Waals surface area contributed by atoms with Crippen molar-refractivity contribution in [3.05, 3.63) is 23.8 Å². The molecule has 21 heavy (non-hydrogen) atoms. The first-order valence-corrected chi connectivity index (χ1v) is 10.8. The summed E-state index contributed by atoms with van der Waals surface area (Å²) in [5.74, 6) is 0.839. The standard InChI is InChI=1S/C12H18N2O4S3/c1-9-7-10(13)3-4-11(9)21(17,18)14-5-6-19-8-12(14)20(2,15)16/h3-4,7,12H,5-6,8,13H2,1-2H3. The topological polar surface area (TPSA) is 97.5 Å². The lowest BCUT2D eigenvalue weighted by Gasteiger charge is -2.33. The van der Waals surface area contributed by atoms with Gasteiger partial charge in [0.25, 0.3) is 0 Å². The Hall–Kier alpha value is -0.770. The summed E-state index contributed by atoms with van der Waals surface area (Å²) in [6, 6.07) is 4.51. The molecule has 1 atom stereocenters. The van der Waals surface area contributed by atoms with Gasteiger partial charge in [-0.25, -0.2) is 16.8 Å². The highest BCUT2D eigenvalue weighted by atomic mass is 32.2. The summed E-state index contributed by atoms with van der Waals surface area (Å²) in [5, 5.41) is -1.02. The minimum atomic E-state index is -3.86. The third kappa shape index (κ3) is 3.36. The average Bonchev–Trinajstić information content (AvgIpc) is 2.37. The Bertz CT molecular complexity index is 744. The summed E-state index contributed by atoms with van der Waals surface area (Å²) in [6.07, 6.45) is 1.07. The lowest BCUT2D eigenvalue weighted by atomic mass is 10.2. The maximum Gasteiger partial charge on any atom is 0.244 e. The number of nitrogens with two attached hydrogens (primary N) is 1. The van der Waals surface area contributed by atoms with Crippen molar-refractivity contribution in [1.29, 1.82) is 0 Å². The van der Waals surface area contributed by atoms with Crippen LogP contribution in [0.15, 0.2) is 23.1 Å². The highest BCUT2D eigenvalue weighted by Gasteiger charge is 2.39. The first-order valence-electron chi connectivity index (χ1n) is 6.28. The molecule has 0 radical (unpaired) electrons. The fourth-order valence-electron chi connectivity index (χ4n) is 2.27. The molecule has 0 aliphatic carbocycles. The van der Waals surface area contributed by atoms with Gasteiger partial charge in [-0.05, 0) is 30.7 Å². The number of nitrogen functional groups attached to an aromatic ring is 1. The van der Waals surface area contributed by atoms with Crippen molar-refractivity contribution >= 4 is 37.3 Å². The summed E-state index contributed by atoms with van der Waals surface area (Å²) in [4.78, 5) is 0.109. The molecule has 0 saturated carbocycles. The normalized spacial score (nSPS) is 21.3. The first-order chi connectivity index (χ1) is 9.64. The van der Waals surface area contributed by atoms with Gasteiger partial charge in [-0.2, -0.15) is 16.1 Å². The van der Waals surface area contributed by atoms with E-state index in [4.69, 9.17) is 5.73 Å². The molecule has 2 rings (SSSR count). The van der Waals surface area contributed by atoms with Crippen LogP contribution in [-0.4, -0.2) is 50.8 Å². The van der Waals surface area contributed by atoms with Gasteiger partial charge < -0.3 is 5.73 Å². The van der Waals surface area contributed by atoms with Crippen molar-refractivity contribution in [2.24, 2.45) is 0 Å². The molecule has 0 amide bonds. The molecule has 0 bridgehead atoms. The molecule has 1 unspecified atom stereocenters. The van der Waals surface area contributed by atoms with Crippen LogP contribution in [0.25, 0.3) is 0 Å². The first kappa shape index (κ1) is 16.6. The van der Waals surface area contributed by atoms with Gasteiger partial charge in [-0.3, -0.25) is 0 Å². The SMILES string of the molecule is Cc1cc(N)ccc1S(=O)(=O)N1CCSCC1S(C)(=O)=O. The van der Waals surface area contributed by atoms with E-state index in [1.54, 1.807) is 13.0 Å². The molecule has 1 aromatic rings. The second-order valence-corrected chi connectivity index (χ2v) is 10.2. The third-order valence-corrected chi connectivity index (χ3v) is 8.16. The van der Waals surface area contributed by atoms with Gasteiger partial charge in [-0.15, -0.1) is 0 Å². The number of sulfonamides is 1. The van der Waals surface area contributed by atoms with Crippen LogP contribution < -0.4 is 5.73 Å². The van der Waals surface area contributed by atoms with Crippen LogP contribution in [0, 0.1) is 6.92 Å². The molecule has 1 aromatic carbocycles. The van der Waals surface area contributed by atoms with E-state index in [-0.39, 0.29) is 17.2 Å². The van der Waals surface area contributed by atoms with E-state index in [1.165, 1.54) is 23.9 Å². The highest BCUT2D eigenvalue weighted by Crippen LogP contribution is 2.29. The number of nitrogens with zero attached hydrogens (tertiary/aromatic N) is 1. The molecule has 118 valence electrons. The molecule has 1 aliphatic heterocycles. The zero-order valence-electron chi connectivity index (χ0n) is 11.8. The molecule has 9 heteroatoms. The largest absolute Gasteiger partial charge is 0.399 e. The van der Waals surface area contributed by atoms with E-state index in [1.807, 2.05) is 0 Å². The van der Waals surface area contributed by atoms with Crippen molar-refractivity contribution in [1.82, 2.24) is 4.31 Å². The van der Waals surface area contributed by atoms with Gasteiger partial charge in [0.05, 0.1) is 4.90 Å². The average molecular weight is 350 g/mol. The van der Waals surface area contributed by atoms with Gasteiger partial charge in [0.2, 0.25) is 10.0 Å². The Balaban J connectivity index is 2.51. The van der Waals surface area contributed by atoms with Crippen molar-refractivity contribution in [2.45, 2.75) is 17.2 Å². The maximum atomic E-state index is 12.8. The fourth-order valence-corrected chi connectivity index (χ4v) is 7.64. The van der Waals surface area contributed by atoms with E-state index < -0.39 is 25.2 Å². The Kier molecular flexibility index (Phi) is 4.57. The van der Waals surface area contributed by atoms with Crippen molar-refractivity contribution in [2.75, 3.05) is 30.0 Å². The quantitative estimate of drug-likeness (QED) is 0.805. The molecule has 0 aromatic heterocycles. The van der Waals surface area contributed by atoms with Crippen LogP contribution in [0.3, 0.4) is 0 Å². The number of anilines is 1. The predicted molar refractivity (Wildman–Crippen MR) is 85.4 cm³/mol. The Labute approximate surface area is 129 Å². The second-order valence-electron chi connectivity index (χ2n) is 5.00. The zero-order chi connectivity index (χ0) is 15.8. The smallest absolute Gasteiger partial charge is 0.244 e. The van der Waals surface area contributed by atoms with Gasteiger partial charge in [0.1, 0.15) is 5.37 Å². The van der Waals surface area contributed by atoms with Gasteiger partial charge >= 0.3 is 0 Å².